The van der Waals surface area contributed by atoms with E-state index in [4.69, 9.17) is 13.8 Å². The van der Waals surface area contributed by atoms with Crippen molar-refractivity contribution in [2.24, 2.45) is 0 Å². The molecule has 1 amide bonds. The third-order valence-electron chi connectivity index (χ3n) is 14.9. The molecule has 0 aliphatic rings. The number of nitrogens with one attached hydrogen (secondary N) is 1. The smallest absolute Gasteiger partial charge is 0.306 e. The second-order valence-electron chi connectivity index (χ2n) is 24.3. The summed E-state index contributed by atoms with van der Waals surface area (Å²) < 4.78 is 30.4. The minimum atomic E-state index is -4.71. The fourth-order valence-electron chi connectivity index (χ4n) is 9.62. The molecule has 0 saturated heterocycles. The predicted molar refractivity (Wildman–Crippen MR) is 362 cm³/mol. The van der Waals surface area contributed by atoms with Crippen molar-refractivity contribution in [2.75, 3.05) is 40.9 Å². The summed E-state index contributed by atoms with van der Waals surface area (Å²) in [5.41, 5.74) is 0. The molecule has 0 heterocycles. The van der Waals surface area contributed by atoms with Crippen LogP contribution in [0.4, 0.5) is 0 Å². The van der Waals surface area contributed by atoms with Crippen molar-refractivity contribution in [3.05, 3.63) is 109 Å². The lowest BCUT2D eigenvalue weighted by Gasteiger charge is -2.30. The van der Waals surface area contributed by atoms with Gasteiger partial charge in [-0.05, 0) is 115 Å². The van der Waals surface area contributed by atoms with E-state index in [0.29, 0.717) is 17.4 Å². The Hall–Kier alpha value is -3.33. The maximum Gasteiger partial charge on any atom is 0.306 e. The molecule has 0 fully saturated rings. The Morgan fingerprint density at radius 3 is 1.17 bits per heavy atom. The lowest BCUT2D eigenvalue weighted by molar-refractivity contribution is -0.870. The van der Waals surface area contributed by atoms with E-state index in [1.165, 1.54) is 135 Å². The zero-order valence-electron chi connectivity index (χ0n) is 55.3. The zero-order valence-corrected chi connectivity index (χ0v) is 56.2. The van der Waals surface area contributed by atoms with Crippen LogP contribution < -0.4 is 10.2 Å². The summed E-state index contributed by atoms with van der Waals surface area (Å²) >= 11 is 0. The number of carbonyl (C=O) groups is 2. The van der Waals surface area contributed by atoms with E-state index in [1.54, 1.807) is 0 Å². The van der Waals surface area contributed by atoms with E-state index in [0.717, 1.165) is 128 Å². The number of nitrogens with zero attached hydrogens (tertiary/aromatic N) is 1. The van der Waals surface area contributed by atoms with Crippen LogP contribution in [0.25, 0.3) is 0 Å². The fourth-order valence-corrected chi connectivity index (χ4v) is 10.3. The van der Waals surface area contributed by atoms with Crippen LogP contribution in [-0.2, 0) is 27.9 Å². The number of unbranched alkanes of at least 4 members (excludes halogenated alkanes) is 30. The molecule has 0 aromatic carbocycles. The Morgan fingerprint density at radius 1 is 0.429 bits per heavy atom. The molecule has 484 valence electrons. The van der Waals surface area contributed by atoms with Gasteiger partial charge in [-0.2, -0.15) is 0 Å². The van der Waals surface area contributed by atoms with Gasteiger partial charge in [0.15, 0.2) is 0 Å². The molecule has 0 rings (SSSR count). The molecule has 0 aliphatic heterocycles. The maximum atomic E-state index is 13.6. The number of ether oxygens (including phenoxy) is 1. The first-order valence-corrected chi connectivity index (χ1v) is 36.2. The summed E-state index contributed by atoms with van der Waals surface area (Å²) in [5, 5.41) is 3.03. The predicted octanol–water partition coefficient (Wildman–Crippen LogP) is 21.4. The largest absolute Gasteiger partial charge is 0.756 e. The van der Waals surface area contributed by atoms with Gasteiger partial charge in [-0.3, -0.25) is 14.2 Å². The van der Waals surface area contributed by atoms with Crippen molar-refractivity contribution in [3.63, 3.8) is 0 Å². The number of carbonyl (C=O) groups excluding carboxylic acids is 2. The Balaban J connectivity index is 5.12. The van der Waals surface area contributed by atoms with Crippen molar-refractivity contribution < 1.29 is 37.3 Å². The van der Waals surface area contributed by atoms with E-state index in [-0.39, 0.29) is 24.9 Å². The summed E-state index contributed by atoms with van der Waals surface area (Å²) in [6.07, 6.45) is 86.3. The van der Waals surface area contributed by atoms with Crippen LogP contribution in [0.15, 0.2) is 109 Å². The molecule has 3 atom stereocenters. The van der Waals surface area contributed by atoms with Crippen molar-refractivity contribution in [1.29, 1.82) is 0 Å². The van der Waals surface area contributed by atoms with Crippen LogP contribution in [0.3, 0.4) is 0 Å². The Kier molecular flexibility index (Phi) is 60.2. The van der Waals surface area contributed by atoms with Crippen LogP contribution in [-0.4, -0.2) is 69.4 Å². The number of esters is 1. The van der Waals surface area contributed by atoms with Gasteiger partial charge in [0, 0.05) is 12.8 Å². The number of hydrogen-bond donors (Lipinski definition) is 1. The zero-order chi connectivity index (χ0) is 61.4. The van der Waals surface area contributed by atoms with Gasteiger partial charge in [-0.25, -0.2) is 0 Å². The van der Waals surface area contributed by atoms with Crippen LogP contribution in [0.2, 0.25) is 0 Å². The molecule has 0 aliphatic carbocycles. The summed E-state index contributed by atoms with van der Waals surface area (Å²) in [6.45, 7) is 6.71. The van der Waals surface area contributed by atoms with Gasteiger partial charge in [0.25, 0.3) is 7.82 Å². The monoisotopic (exact) mass is 1190 g/mol. The second kappa shape index (κ2) is 62.7. The highest BCUT2D eigenvalue weighted by Gasteiger charge is 2.27. The van der Waals surface area contributed by atoms with E-state index in [2.05, 4.69) is 123 Å². The number of likely N-dealkylation sites (N-methyl/N-ethyl adjacent to an activating group) is 1. The average Bonchev–Trinajstić information content (AvgIpc) is 3.64. The number of phosphoric ester groups is 1. The highest BCUT2D eigenvalue weighted by molar-refractivity contribution is 7.45. The normalized spacial score (nSPS) is 14.2. The lowest BCUT2D eigenvalue weighted by atomic mass is 10.0. The van der Waals surface area contributed by atoms with Gasteiger partial charge in [0.05, 0.1) is 33.8 Å². The second-order valence-corrected chi connectivity index (χ2v) is 25.7. The van der Waals surface area contributed by atoms with Crippen molar-refractivity contribution in [1.82, 2.24) is 5.32 Å². The van der Waals surface area contributed by atoms with Gasteiger partial charge in [-0.15, -0.1) is 0 Å². The minimum Gasteiger partial charge on any atom is -0.756 e. The quantitative estimate of drug-likeness (QED) is 0.0212. The summed E-state index contributed by atoms with van der Waals surface area (Å²) in [6, 6.07) is -0.902. The molecule has 3 unspecified atom stereocenters. The summed E-state index contributed by atoms with van der Waals surface area (Å²) in [7, 11) is 1.17. The number of allylic oxidation sites excluding steroid dienone is 17. The first-order chi connectivity index (χ1) is 40.9. The molecule has 9 nitrogen and oxygen atoms in total. The molecule has 10 heteroatoms. The van der Waals surface area contributed by atoms with Crippen molar-refractivity contribution in [3.8, 4) is 0 Å². The minimum absolute atomic E-state index is 0.0294. The molecule has 0 aromatic rings. The topological polar surface area (TPSA) is 114 Å². The van der Waals surface area contributed by atoms with Crippen LogP contribution in [0, 0.1) is 0 Å². The van der Waals surface area contributed by atoms with Gasteiger partial charge in [0.2, 0.25) is 5.91 Å². The van der Waals surface area contributed by atoms with Crippen molar-refractivity contribution >= 4 is 19.7 Å². The number of phosphoric acid groups is 1. The van der Waals surface area contributed by atoms with E-state index >= 15 is 0 Å². The van der Waals surface area contributed by atoms with Gasteiger partial charge in [0.1, 0.15) is 19.3 Å². The Bertz CT molecular complexity index is 1810. The molecule has 1 N–H and O–H groups in total. The van der Waals surface area contributed by atoms with Crippen LogP contribution >= 0.6 is 7.82 Å². The first-order valence-electron chi connectivity index (χ1n) is 34.7. The molecule has 84 heavy (non-hydrogen) atoms. The SMILES string of the molecule is CC/C=C\C/C=C\C/C=C\C/C=C\C/C=C\C/C=C\CCCCCCCCCCC(=O)NC(COP(=O)([O-])OCC[N+](C)(C)C)C(/C=C\CCCCCCCCCCCC)OC(=O)CCCCCCCCCCC/C=C\C/C=C\CCCCC. The van der Waals surface area contributed by atoms with E-state index in [9.17, 15) is 19.0 Å². The van der Waals surface area contributed by atoms with Gasteiger partial charge < -0.3 is 28.5 Å². The number of hydrogen-bond acceptors (Lipinski definition) is 7. The van der Waals surface area contributed by atoms with Crippen LogP contribution in [0.1, 0.15) is 297 Å². The maximum absolute atomic E-state index is 13.6. The molecule has 0 bridgehead atoms. The van der Waals surface area contributed by atoms with Gasteiger partial charge >= 0.3 is 5.97 Å². The van der Waals surface area contributed by atoms with E-state index in [1.807, 2.05) is 33.3 Å². The Morgan fingerprint density at radius 2 is 0.762 bits per heavy atom. The van der Waals surface area contributed by atoms with Crippen LogP contribution in [0.5, 0.6) is 0 Å². The summed E-state index contributed by atoms with van der Waals surface area (Å²) in [4.78, 5) is 40.2. The Labute approximate surface area is 519 Å². The molecular weight excluding hydrogens is 1060 g/mol. The van der Waals surface area contributed by atoms with Crippen molar-refractivity contribution in [2.45, 2.75) is 309 Å². The number of rotatable bonds is 62. The fraction of sp³-hybridized carbons (Fsp3) is 0.730. The number of amides is 1. The third kappa shape index (κ3) is 63.2. The van der Waals surface area contributed by atoms with Gasteiger partial charge in [-0.1, -0.05) is 278 Å². The first kappa shape index (κ1) is 80.7. The lowest BCUT2D eigenvalue weighted by Crippen LogP contribution is -2.47. The highest BCUT2D eigenvalue weighted by Crippen LogP contribution is 2.38. The highest BCUT2D eigenvalue weighted by atomic mass is 31.2. The average molecular weight is 1190 g/mol. The van der Waals surface area contributed by atoms with E-state index < -0.39 is 26.6 Å². The summed E-state index contributed by atoms with van der Waals surface area (Å²) in [5.74, 6) is -0.555. The molecule has 0 spiro atoms. The standard InChI is InChI=1S/C74H131N2O7P/c1-7-10-13-16-19-22-25-28-30-32-34-35-36-37-38-39-40-41-43-44-46-48-51-54-57-60-63-66-73(77)75-71(70-82-84(79,80)81-69-68-76(4,5)6)72(65-62-59-56-53-50-27-24-21-18-15-12-9-3)83-74(78)67-64-61-58-55-52-49-47-45-42-33-31-29-26-23-20-17-14-11-8-2/h10,13,19-20,22-23,28-31,34-35,37-38,40-41,62,65,71-72H,7-9,11-12,14-18,21,24-27,32-33,36,39,42-61,63-64,66-70H2,1-6H3,(H-,75,77,79,80)/b13-10-,22-19-,23-20-,30-28-,31-29-,35-34-,38-37-,41-40-,65-62-. The molecule has 0 aromatic heterocycles. The molecular formula is C74H131N2O7P. The number of quaternary nitrogens is 1. The third-order valence-corrected chi connectivity index (χ3v) is 15.9. The molecule has 0 radical (unpaired) electrons. The molecule has 0 saturated carbocycles.